The second-order valence-corrected chi connectivity index (χ2v) is 9.96. The van der Waals surface area contributed by atoms with Crippen molar-refractivity contribution in [3.05, 3.63) is 27.8 Å². The number of hydrogen-bond acceptors (Lipinski definition) is 4. The first kappa shape index (κ1) is 22.5. The van der Waals surface area contributed by atoms with Crippen LogP contribution in [0.2, 0.25) is 0 Å². The molecule has 1 aromatic rings. The highest BCUT2D eigenvalue weighted by Gasteiger charge is 2.22. The van der Waals surface area contributed by atoms with E-state index in [1.54, 1.807) is 0 Å². The summed E-state index contributed by atoms with van der Waals surface area (Å²) in [6.07, 6.45) is 6.37. The van der Waals surface area contributed by atoms with Crippen molar-refractivity contribution in [2.24, 2.45) is 5.92 Å². The Kier molecular flexibility index (Phi) is 8.86. The highest BCUT2D eigenvalue weighted by Crippen LogP contribution is 2.26. The first-order valence-corrected chi connectivity index (χ1v) is 11.2. The SMILES string of the molecule is CN(CC1CCC(NCCCC(=O)OC(C)(C)C)CC1)c1ccc(I)cc1. The van der Waals surface area contributed by atoms with Gasteiger partial charge in [0.25, 0.3) is 0 Å². The fourth-order valence-corrected chi connectivity index (χ4v) is 4.03. The largest absolute Gasteiger partial charge is 0.460 e. The van der Waals surface area contributed by atoms with Crippen LogP contribution in [0.25, 0.3) is 0 Å². The molecule has 4 nitrogen and oxygen atoms in total. The van der Waals surface area contributed by atoms with Gasteiger partial charge in [-0.2, -0.15) is 0 Å². The molecule has 0 aromatic heterocycles. The third-order valence-corrected chi connectivity index (χ3v) is 5.78. The van der Waals surface area contributed by atoms with Crippen LogP contribution in [0.3, 0.4) is 0 Å². The highest BCUT2D eigenvalue weighted by molar-refractivity contribution is 14.1. The molecule has 0 spiro atoms. The van der Waals surface area contributed by atoms with Crippen LogP contribution in [0.1, 0.15) is 59.3 Å². The topological polar surface area (TPSA) is 41.6 Å². The van der Waals surface area contributed by atoms with Gasteiger partial charge in [-0.25, -0.2) is 0 Å². The van der Waals surface area contributed by atoms with Crippen LogP contribution in [-0.4, -0.2) is 37.7 Å². The second kappa shape index (κ2) is 10.6. The van der Waals surface area contributed by atoms with Gasteiger partial charge in [0.05, 0.1) is 0 Å². The van der Waals surface area contributed by atoms with Crippen LogP contribution in [0.5, 0.6) is 0 Å². The molecular formula is C22H35IN2O2. The van der Waals surface area contributed by atoms with Gasteiger partial charge >= 0.3 is 5.97 Å². The Bertz CT molecular complexity index is 575. The van der Waals surface area contributed by atoms with E-state index in [1.165, 1.54) is 34.9 Å². The quantitative estimate of drug-likeness (QED) is 0.319. The highest BCUT2D eigenvalue weighted by atomic mass is 127. The van der Waals surface area contributed by atoms with Crippen LogP contribution < -0.4 is 10.2 Å². The molecule has 5 heteroatoms. The summed E-state index contributed by atoms with van der Waals surface area (Å²) in [5, 5.41) is 3.63. The van der Waals surface area contributed by atoms with Gasteiger partial charge in [-0.05, 0) is 112 Å². The van der Waals surface area contributed by atoms with E-state index in [1.807, 2.05) is 20.8 Å². The van der Waals surface area contributed by atoms with Gasteiger partial charge in [0.1, 0.15) is 5.60 Å². The summed E-state index contributed by atoms with van der Waals surface area (Å²) >= 11 is 2.35. The molecule has 0 bridgehead atoms. The minimum Gasteiger partial charge on any atom is -0.460 e. The number of esters is 1. The third-order valence-electron chi connectivity index (χ3n) is 5.06. The van der Waals surface area contributed by atoms with Crippen LogP contribution in [0.15, 0.2) is 24.3 Å². The molecule has 1 N–H and O–H groups in total. The summed E-state index contributed by atoms with van der Waals surface area (Å²) in [7, 11) is 2.20. The van der Waals surface area contributed by atoms with Crippen LogP contribution in [0, 0.1) is 9.49 Å². The van der Waals surface area contributed by atoms with Gasteiger partial charge in [-0.1, -0.05) is 0 Å². The monoisotopic (exact) mass is 486 g/mol. The van der Waals surface area contributed by atoms with E-state index in [2.05, 4.69) is 64.1 Å². The maximum atomic E-state index is 11.7. The van der Waals surface area contributed by atoms with Gasteiger partial charge in [-0.3, -0.25) is 4.79 Å². The summed E-state index contributed by atoms with van der Waals surface area (Å²) in [6, 6.07) is 9.36. The van der Waals surface area contributed by atoms with E-state index in [9.17, 15) is 4.79 Å². The Labute approximate surface area is 178 Å². The lowest BCUT2D eigenvalue weighted by atomic mass is 9.85. The number of carbonyl (C=O) groups excluding carboxylic acids is 1. The fourth-order valence-electron chi connectivity index (χ4n) is 3.67. The maximum absolute atomic E-state index is 11.7. The normalized spacial score (nSPS) is 20.3. The molecule has 1 aliphatic rings. The van der Waals surface area contributed by atoms with Crippen LogP contribution in [0.4, 0.5) is 5.69 Å². The van der Waals surface area contributed by atoms with Gasteiger partial charge in [-0.15, -0.1) is 0 Å². The Morgan fingerprint density at radius 2 is 1.81 bits per heavy atom. The van der Waals surface area contributed by atoms with E-state index in [0.717, 1.165) is 25.4 Å². The molecule has 27 heavy (non-hydrogen) atoms. The van der Waals surface area contributed by atoms with E-state index in [-0.39, 0.29) is 11.6 Å². The summed E-state index contributed by atoms with van der Waals surface area (Å²) in [4.78, 5) is 14.1. The Morgan fingerprint density at radius 3 is 2.41 bits per heavy atom. The van der Waals surface area contributed by atoms with E-state index in [4.69, 9.17) is 4.74 Å². The maximum Gasteiger partial charge on any atom is 0.306 e. The molecule has 0 saturated heterocycles. The standard InChI is InChI=1S/C22H35IN2O2/c1-22(2,3)27-21(26)6-5-15-24-19-11-7-17(8-12-19)16-25(4)20-13-9-18(23)10-14-20/h9-10,13-14,17,19,24H,5-8,11-12,15-16H2,1-4H3. The third kappa shape index (κ3) is 8.81. The number of hydrogen-bond donors (Lipinski definition) is 1. The van der Waals surface area contributed by atoms with Crippen LogP contribution >= 0.6 is 22.6 Å². The average Bonchev–Trinajstić information content (AvgIpc) is 2.59. The predicted molar refractivity (Wildman–Crippen MR) is 121 cm³/mol. The summed E-state index contributed by atoms with van der Waals surface area (Å²) < 4.78 is 6.63. The Balaban J connectivity index is 1.60. The number of halogens is 1. The molecule has 0 amide bonds. The molecule has 1 aliphatic carbocycles. The molecule has 2 rings (SSSR count). The van der Waals surface area contributed by atoms with Gasteiger partial charge in [0.15, 0.2) is 0 Å². The molecule has 1 saturated carbocycles. The molecular weight excluding hydrogens is 451 g/mol. The second-order valence-electron chi connectivity index (χ2n) is 8.72. The van der Waals surface area contributed by atoms with Crippen molar-refractivity contribution in [3.8, 4) is 0 Å². The average molecular weight is 486 g/mol. The van der Waals surface area contributed by atoms with Crippen molar-refractivity contribution in [3.63, 3.8) is 0 Å². The Hall–Kier alpha value is -0.820. The van der Waals surface area contributed by atoms with Crippen molar-refractivity contribution in [1.29, 1.82) is 0 Å². The van der Waals surface area contributed by atoms with Crippen molar-refractivity contribution >= 4 is 34.2 Å². The van der Waals surface area contributed by atoms with Gasteiger partial charge in [0, 0.05) is 35.3 Å². The van der Waals surface area contributed by atoms with Crippen molar-refractivity contribution in [1.82, 2.24) is 5.32 Å². The number of rotatable bonds is 8. The van der Waals surface area contributed by atoms with Crippen LogP contribution in [-0.2, 0) is 9.53 Å². The van der Waals surface area contributed by atoms with Crippen molar-refractivity contribution < 1.29 is 9.53 Å². The lowest BCUT2D eigenvalue weighted by Gasteiger charge is -2.32. The lowest BCUT2D eigenvalue weighted by molar-refractivity contribution is -0.154. The van der Waals surface area contributed by atoms with Gasteiger partial charge < -0.3 is 15.0 Å². The molecule has 0 radical (unpaired) electrons. The molecule has 0 aliphatic heterocycles. The lowest BCUT2D eigenvalue weighted by Crippen LogP contribution is -2.36. The van der Waals surface area contributed by atoms with E-state index in [0.29, 0.717) is 12.5 Å². The summed E-state index contributed by atoms with van der Waals surface area (Å²) in [5.41, 5.74) is 0.923. The molecule has 0 unspecified atom stereocenters. The number of ether oxygens (including phenoxy) is 1. The number of anilines is 1. The van der Waals surface area contributed by atoms with Crippen molar-refractivity contribution in [2.45, 2.75) is 70.9 Å². The molecule has 0 heterocycles. The smallest absolute Gasteiger partial charge is 0.306 e. The minimum atomic E-state index is -0.381. The predicted octanol–water partition coefficient (Wildman–Crippen LogP) is 5.00. The number of carbonyl (C=O) groups is 1. The number of nitrogens with zero attached hydrogens (tertiary/aromatic N) is 1. The van der Waals surface area contributed by atoms with E-state index < -0.39 is 0 Å². The van der Waals surface area contributed by atoms with E-state index >= 15 is 0 Å². The summed E-state index contributed by atoms with van der Waals surface area (Å²) in [6.45, 7) is 7.77. The fraction of sp³-hybridized carbons (Fsp3) is 0.682. The zero-order valence-electron chi connectivity index (χ0n) is 17.3. The molecule has 1 fully saturated rings. The zero-order chi connectivity index (χ0) is 19.9. The van der Waals surface area contributed by atoms with Crippen molar-refractivity contribution in [2.75, 3.05) is 25.0 Å². The summed E-state index contributed by atoms with van der Waals surface area (Å²) in [5.74, 6) is 0.681. The first-order valence-electron chi connectivity index (χ1n) is 10.1. The molecule has 0 atom stereocenters. The first-order chi connectivity index (χ1) is 12.7. The minimum absolute atomic E-state index is 0.0911. The Morgan fingerprint density at radius 1 is 1.19 bits per heavy atom. The van der Waals surface area contributed by atoms with Gasteiger partial charge in [0.2, 0.25) is 0 Å². The number of nitrogens with one attached hydrogen (secondary N) is 1. The molecule has 1 aromatic carbocycles. The number of benzene rings is 1. The zero-order valence-corrected chi connectivity index (χ0v) is 19.4. The molecule has 152 valence electrons.